The van der Waals surface area contributed by atoms with Gasteiger partial charge in [-0.3, -0.25) is 24.6 Å². The number of amides is 2. The van der Waals surface area contributed by atoms with E-state index in [9.17, 15) is 9.59 Å². The van der Waals surface area contributed by atoms with Gasteiger partial charge in [-0.25, -0.2) is 0 Å². The van der Waals surface area contributed by atoms with Crippen molar-refractivity contribution in [3.05, 3.63) is 36.2 Å². The SMILES string of the molecule is CCN(CC)C(=O)C1CC(NC(=O)c2cc(-c3ccccn3)n[nH]2)CN1C. The van der Waals surface area contributed by atoms with Gasteiger partial charge >= 0.3 is 0 Å². The van der Waals surface area contributed by atoms with Crippen LogP contribution in [0.4, 0.5) is 0 Å². The van der Waals surface area contributed by atoms with Crippen LogP contribution in [0, 0.1) is 0 Å². The average molecular weight is 370 g/mol. The fourth-order valence-electron chi connectivity index (χ4n) is 3.49. The molecule has 2 atom stereocenters. The van der Waals surface area contributed by atoms with E-state index in [1.54, 1.807) is 12.3 Å². The number of rotatable bonds is 6. The predicted molar refractivity (Wildman–Crippen MR) is 102 cm³/mol. The van der Waals surface area contributed by atoms with Gasteiger partial charge in [0.1, 0.15) is 11.4 Å². The molecule has 1 aliphatic heterocycles. The van der Waals surface area contributed by atoms with Gasteiger partial charge in [0.05, 0.1) is 11.7 Å². The highest BCUT2D eigenvalue weighted by Crippen LogP contribution is 2.19. The van der Waals surface area contributed by atoms with E-state index in [0.29, 0.717) is 43.1 Å². The molecule has 0 aliphatic carbocycles. The van der Waals surface area contributed by atoms with Gasteiger partial charge in [-0.2, -0.15) is 5.10 Å². The number of pyridine rings is 1. The molecule has 0 bridgehead atoms. The molecule has 2 N–H and O–H groups in total. The third-order valence-corrected chi connectivity index (χ3v) is 4.99. The van der Waals surface area contributed by atoms with Gasteiger partial charge in [-0.15, -0.1) is 0 Å². The lowest BCUT2D eigenvalue weighted by molar-refractivity contribution is -0.135. The van der Waals surface area contributed by atoms with Gasteiger partial charge in [0.25, 0.3) is 5.91 Å². The van der Waals surface area contributed by atoms with Crippen LogP contribution in [-0.4, -0.2) is 75.6 Å². The Morgan fingerprint density at radius 1 is 1.30 bits per heavy atom. The van der Waals surface area contributed by atoms with Crippen molar-refractivity contribution in [3.63, 3.8) is 0 Å². The zero-order valence-corrected chi connectivity index (χ0v) is 16.0. The third kappa shape index (κ3) is 4.16. The van der Waals surface area contributed by atoms with Crippen LogP contribution in [0.1, 0.15) is 30.8 Å². The van der Waals surface area contributed by atoms with Gasteiger partial charge in [-0.1, -0.05) is 6.07 Å². The van der Waals surface area contributed by atoms with E-state index in [1.807, 2.05) is 48.9 Å². The highest BCUT2D eigenvalue weighted by molar-refractivity contribution is 5.93. The monoisotopic (exact) mass is 370 g/mol. The van der Waals surface area contributed by atoms with Crippen molar-refractivity contribution in [3.8, 4) is 11.4 Å². The van der Waals surface area contributed by atoms with Gasteiger partial charge in [-0.05, 0) is 45.5 Å². The fraction of sp³-hybridized carbons (Fsp3) is 0.474. The molecule has 1 saturated heterocycles. The predicted octanol–water partition coefficient (Wildman–Crippen LogP) is 1.14. The van der Waals surface area contributed by atoms with E-state index >= 15 is 0 Å². The van der Waals surface area contributed by atoms with E-state index in [2.05, 4.69) is 20.5 Å². The van der Waals surface area contributed by atoms with Crippen LogP contribution < -0.4 is 5.32 Å². The molecule has 1 fully saturated rings. The summed E-state index contributed by atoms with van der Waals surface area (Å²) in [5.74, 6) is -0.0998. The first-order valence-corrected chi connectivity index (χ1v) is 9.30. The molecule has 0 radical (unpaired) electrons. The molecular weight excluding hydrogens is 344 g/mol. The van der Waals surface area contributed by atoms with Gasteiger partial charge in [0.15, 0.2) is 0 Å². The normalized spacial score (nSPS) is 19.8. The molecule has 2 aromatic rings. The van der Waals surface area contributed by atoms with Crippen LogP contribution in [0.3, 0.4) is 0 Å². The zero-order valence-electron chi connectivity index (χ0n) is 16.0. The minimum atomic E-state index is -0.223. The first-order chi connectivity index (χ1) is 13.0. The van der Waals surface area contributed by atoms with Gasteiger partial charge in [0, 0.05) is 31.9 Å². The van der Waals surface area contributed by atoms with Gasteiger partial charge in [0.2, 0.25) is 5.91 Å². The molecule has 0 saturated carbocycles. The van der Waals surface area contributed by atoms with Crippen molar-refractivity contribution in [2.24, 2.45) is 0 Å². The number of nitrogens with zero attached hydrogens (tertiary/aromatic N) is 4. The first kappa shape index (κ1) is 19.0. The van der Waals surface area contributed by atoms with E-state index in [-0.39, 0.29) is 23.9 Å². The van der Waals surface area contributed by atoms with Crippen molar-refractivity contribution < 1.29 is 9.59 Å². The molecule has 3 heterocycles. The number of nitrogens with one attached hydrogen (secondary N) is 2. The summed E-state index contributed by atoms with van der Waals surface area (Å²) in [4.78, 5) is 33.3. The third-order valence-electron chi connectivity index (χ3n) is 4.99. The first-order valence-electron chi connectivity index (χ1n) is 9.30. The molecule has 0 spiro atoms. The Morgan fingerprint density at radius 2 is 2.07 bits per heavy atom. The largest absolute Gasteiger partial charge is 0.347 e. The Balaban J connectivity index is 1.62. The lowest BCUT2D eigenvalue weighted by atomic mass is 10.1. The Morgan fingerprint density at radius 3 is 2.74 bits per heavy atom. The van der Waals surface area contributed by atoms with Crippen LogP contribution in [-0.2, 0) is 4.79 Å². The van der Waals surface area contributed by atoms with Gasteiger partial charge < -0.3 is 10.2 Å². The molecular formula is C19H26N6O2. The number of hydrogen-bond acceptors (Lipinski definition) is 5. The summed E-state index contributed by atoms with van der Waals surface area (Å²) in [6.07, 6.45) is 2.30. The van der Waals surface area contributed by atoms with Crippen molar-refractivity contribution in [1.29, 1.82) is 0 Å². The summed E-state index contributed by atoms with van der Waals surface area (Å²) >= 11 is 0. The maximum atomic E-state index is 12.6. The molecule has 1 aliphatic rings. The molecule has 8 heteroatoms. The van der Waals surface area contributed by atoms with E-state index in [4.69, 9.17) is 0 Å². The summed E-state index contributed by atoms with van der Waals surface area (Å²) in [6.45, 7) is 5.99. The zero-order chi connectivity index (χ0) is 19.4. The smallest absolute Gasteiger partial charge is 0.269 e. The van der Waals surface area contributed by atoms with Crippen molar-refractivity contribution >= 4 is 11.8 Å². The van der Waals surface area contributed by atoms with E-state index in [1.165, 1.54) is 0 Å². The summed E-state index contributed by atoms with van der Waals surface area (Å²) < 4.78 is 0. The van der Waals surface area contributed by atoms with Crippen LogP contribution in [0.2, 0.25) is 0 Å². The number of carbonyl (C=O) groups excluding carboxylic acids is 2. The quantitative estimate of drug-likeness (QED) is 0.795. The standard InChI is InChI=1S/C19H26N6O2/c1-4-25(5-2)19(27)17-10-13(12-24(17)3)21-18(26)16-11-15(22-23-16)14-8-6-7-9-20-14/h6-9,11,13,17H,4-5,10,12H2,1-3H3,(H,21,26)(H,22,23). The fourth-order valence-corrected chi connectivity index (χ4v) is 3.49. The number of likely N-dealkylation sites (tertiary alicyclic amines) is 1. The number of H-pyrrole nitrogens is 1. The van der Waals surface area contributed by atoms with Crippen LogP contribution in [0.25, 0.3) is 11.4 Å². The van der Waals surface area contributed by atoms with Crippen molar-refractivity contribution in [2.75, 3.05) is 26.7 Å². The molecule has 0 aromatic carbocycles. The van der Waals surface area contributed by atoms with E-state index in [0.717, 1.165) is 0 Å². The Hall–Kier alpha value is -2.74. The number of aromatic amines is 1. The lowest BCUT2D eigenvalue weighted by Gasteiger charge is -2.26. The molecule has 2 unspecified atom stereocenters. The summed E-state index contributed by atoms with van der Waals surface area (Å²) in [5.41, 5.74) is 1.72. The second-order valence-electron chi connectivity index (χ2n) is 6.75. The minimum absolute atomic E-state index is 0.0754. The summed E-state index contributed by atoms with van der Waals surface area (Å²) in [6, 6.07) is 6.96. The maximum Gasteiger partial charge on any atom is 0.269 e. The Bertz CT molecular complexity index is 787. The van der Waals surface area contributed by atoms with Crippen LogP contribution in [0.5, 0.6) is 0 Å². The van der Waals surface area contributed by atoms with E-state index < -0.39 is 0 Å². The Labute approximate surface area is 159 Å². The molecule has 3 rings (SSSR count). The van der Waals surface area contributed by atoms with Crippen molar-refractivity contribution in [2.45, 2.75) is 32.4 Å². The average Bonchev–Trinajstić information content (AvgIpc) is 3.30. The second kappa shape index (κ2) is 8.30. The minimum Gasteiger partial charge on any atom is -0.347 e. The summed E-state index contributed by atoms with van der Waals surface area (Å²) in [7, 11) is 1.92. The molecule has 144 valence electrons. The highest BCUT2D eigenvalue weighted by atomic mass is 16.2. The second-order valence-corrected chi connectivity index (χ2v) is 6.75. The number of carbonyl (C=O) groups is 2. The topological polar surface area (TPSA) is 94.2 Å². The Kier molecular flexibility index (Phi) is 5.85. The molecule has 27 heavy (non-hydrogen) atoms. The maximum absolute atomic E-state index is 12.6. The summed E-state index contributed by atoms with van der Waals surface area (Å²) in [5, 5.41) is 9.94. The lowest BCUT2D eigenvalue weighted by Crippen LogP contribution is -2.44. The molecule has 2 aromatic heterocycles. The van der Waals surface area contributed by atoms with Crippen LogP contribution >= 0.6 is 0 Å². The molecule has 8 nitrogen and oxygen atoms in total. The number of likely N-dealkylation sites (N-methyl/N-ethyl adjacent to an activating group) is 2. The van der Waals surface area contributed by atoms with Crippen molar-refractivity contribution in [1.82, 2.24) is 30.3 Å². The molecule has 2 amide bonds. The highest BCUT2D eigenvalue weighted by Gasteiger charge is 2.37. The number of hydrogen-bond donors (Lipinski definition) is 2. The number of aromatic nitrogens is 3. The van der Waals surface area contributed by atoms with Crippen LogP contribution in [0.15, 0.2) is 30.5 Å².